The van der Waals surface area contributed by atoms with Crippen LogP contribution in [-0.2, 0) is 4.79 Å². The minimum Gasteiger partial charge on any atom is -0.273 e. The largest absolute Gasteiger partial charge is 0.273 e. The van der Waals surface area contributed by atoms with Gasteiger partial charge in [0.2, 0.25) is 5.91 Å². The number of hydrogen-bond acceptors (Lipinski definition) is 2. The second-order valence-corrected chi connectivity index (χ2v) is 4.93. The first-order valence-corrected chi connectivity index (χ1v) is 6.98. The summed E-state index contributed by atoms with van der Waals surface area (Å²) in [4.78, 5) is 11.3. The van der Waals surface area contributed by atoms with Crippen molar-refractivity contribution in [1.29, 1.82) is 0 Å². The van der Waals surface area contributed by atoms with E-state index in [1.807, 2.05) is 13.8 Å². The lowest BCUT2D eigenvalue weighted by Gasteiger charge is -2.01. The number of carbonyl (C=O) groups excluding carboxylic acids is 1. The predicted octanol–water partition coefficient (Wildman–Crippen LogP) is 3.89. The molecule has 0 rings (SSSR count). The van der Waals surface area contributed by atoms with Crippen molar-refractivity contribution in [3.05, 3.63) is 0 Å². The molecule has 0 saturated carbocycles. The molecule has 0 aromatic rings. The van der Waals surface area contributed by atoms with Crippen LogP contribution < -0.4 is 5.43 Å². The van der Waals surface area contributed by atoms with Gasteiger partial charge in [0, 0.05) is 12.6 Å². The maximum atomic E-state index is 11.3. The molecule has 0 bridgehead atoms. The number of nitrogens with zero attached hydrogens (tertiary/aromatic N) is 1. The molecule has 3 heteroatoms. The molecule has 0 aromatic carbocycles. The first kappa shape index (κ1) is 16.1. The van der Waals surface area contributed by atoms with Crippen molar-refractivity contribution in [2.75, 3.05) is 0 Å². The smallest absolute Gasteiger partial charge is 0.240 e. The van der Waals surface area contributed by atoms with Crippen LogP contribution in [-0.4, -0.2) is 12.1 Å². The third-order valence-electron chi connectivity index (χ3n) is 2.57. The van der Waals surface area contributed by atoms with Gasteiger partial charge in [0.05, 0.1) is 0 Å². The molecular weight excluding hydrogens is 212 g/mol. The molecule has 0 radical (unpaired) electrons. The number of unbranched alkanes of at least 4 members (excludes halogenated alkanes) is 6. The molecule has 1 amide bonds. The van der Waals surface area contributed by atoms with Crippen molar-refractivity contribution in [2.24, 2.45) is 11.0 Å². The Bertz CT molecular complexity index is 212. The van der Waals surface area contributed by atoms with Gasteiger partial charge in [0.1, 0.15) is 0 Å². The van der Waals surface area contributed by atoms with E-state index < -0.39 is 0 Å². The van der Waals surface area contributed by atoms with Gasteiger partial charge in [-0.15, -0.1) is 0 Å². The van der Waals surface area contributed by atoms with Gasteiger partial charge in [-0.05, 0) is 12.3 Å². The molecular formula is C14H28N2O. The van der Waals surface area contributed by atoms with E-state index in [9.17, 15) is 4.79 Å². The standard InChI is InChI=1S/C14H28N2O/c1-4-5-6-7-8-9-10-11-14(17)16-15-12-13(2)3/h12-13H,4-11H2,1-3H3,(H,16,17)/b15-12+. The van der Waals surface area contributed by atoms with E-state index in [0.29, 0.717) is 12.3 Å². The van der Waals surface area contributed by atoms with E-state index in [4.69, 9.17) is 0 Å². The Morgan fingerprint density at radius 3 is 2.29 bits per heavy atom. The summed E-state index contributed by atoms with van der Waals surface area (Å²) in [6, 6.07) is 0. The molecule has 17 heavy (non-hydrogen) atoms. The molecule has 0 saturated heterocycles. The van der Waals surface area contributed by atoms with Gasteiger partial charge in [-0.25, -0.2) is 5.43 Å². The summed E-state index contributed by atoms with van der Waals surface area (Å²) < 4.78 is 0. The minimum absolute atomic E-state index is 0.0375. The Morgan fingerprint density at radius 1 is 1.12 bits per heavy atom. The summed E-state index contributed by atoms with van der Waals surface area (Å²) in [5.74, 6) is 0.421. The molecule has 0 fully saturated rings. The number of amides is 1. The topological polar surface area (TPSA) is 41.5 Å². The molecule has 3 nitrogen and oxygen atoms in total. The summed E-state index contributed by atoms with van der Waals surface area (Å²) in [5, 5.41) is 3.89. The highest BCUT2D eigenvalue weighted by atomic mass is 16.2. The quantitative estimate of drug-likeness (QED) is 0.351. The highest BCUT2D eigenvalue weighted by Gasteiger charge is 1.99. The van der Waals surface area contributed by atoms with Crippen LogP contribution in [0.2, 0.25) is 0 Å². The second-order valence-electron chi connectivity index (χ2n) is 4.93. The van der Waals surface area contributed by atoms with E-state index in [-0.39, 0.29) is 5.91 Å². The molecule has 100 valence electrons. The lowest BCUT2D eigenvalue weighted by atomic mass is 10.1. The van der Waals surface area contributed by atoms with Crippen LogP contribution in [0, 0.1) is 5.92 Å². The molecule has 0 aliphatic rings. The SMILES string of the molecule is CCCCCCCCCC(=O)N/N=C/C(C)C. The maximum Gasteiger partial charge on any atom is 0.240 e. The Labute approximate surface area is 106 Å². The van der Waals surface area contributed by atoms with Crippen LogP contribution in [0.5, 0.6) is 0 Å². The van der Waals surface area contributed by atoms with E-state index in [2.05, 4.69) is 17.5 Å². The van der Waals surface area contributed by atoms with Crippen LogP contribution in [0.4, 0.5) is 0 Å². The first-order chi connectivity index (χ1) is 8.16. The zero-order valence-corrected chi connectivity index (χ0v) is 11.7. The normalized spacial score (nSPS) is 11.3. The van der Waals surface area contributed by atoms with E-state index in [0.717, 1.165) is 12.8 Å². The molecule has 0 unspecified atom stereocenters. The van der Waals surface area contributed by atoms with Crippen molar-refractivity contribution in [3.8, 4) is 0 Å². The van der Waals surface area contributed by atoms with E-state index in [1.54, 1.807) is 6.21 Å². The highest BCUT2D eigenvalue weighted by Crippen LogP contribution is 2.08. The zero-order chi connectivity index (χ0) is 12.9. The van der Waals surface area contributed by atoms with Crippen molar-refractivity contribution >= 4 is 12.1 Å². The van der Waals surface area contributed by atoms with Gasteiger partial charge in [0.15, 0.2) is 0 Å². The zero-order valence-electron chi connectivity index (χ0n) is 11.7. The molecule has 0 aliphatic heterocycles. The Kier molecular flexibility index (Phi) is 11.0. The third kappa shape index (κ3) is 13.1. The van der Waals surface area contributed by atoms with E-state index >= 15 is 0 Å². The van der Waals surface area contributed by atoms with Crippen LogP contribution in [0.1, 0.15) is 72.1 Å². The maximum absolute atomic E-state index is 11.3. The fourth-order valence-corrected chi connectivity index (χ4v) is 1.56. The summed E-state index contributed by atoms with van der Waals surface area (Å²) in [7, 11) is 0. The van der Waals surface area contributed by atoms with Crippen molar-refractivity contribution < 1.29 is 4.79 Å². The van der Waals surface area contributed by atoms with E-state index in [1.165, 1.54) is 32.1 Å². The Balaban J connectivity index is 3.28. The summed E-state index contributed by atoms with van der Waals surface area (Å²) in [6.45, 7) is 6.29. The Hall–Kier alpha value is -0.860. The summed E-state index contributed by atoms with van der Waals surface area (Å²) in [6.07, 6.45) is 11.0. The van der Waals surface area contributed by atoms with Gasteiger partial charge < -0.3 is 0 Å². The molecule has 0 atom stereocenters. The number of hydrazone groups is 1. The molecule has 0 spiro atoms. The average molecular weight is 240 g/mol. The van der Waals surface area contributed by atoms with Gasteiger partial charge in [-0.2, -0.15) is 5.10 Å². The highest BCUT2D eigenvalue weighted by molar-refractivity contribution is 5.76. The van der Waals surface area contributed by atoms with Crippen LogP contribution in [0.25, 0.3) is 0 Å². The summed E-state index contributed by atoms with van der Waals surface area (Å²) >= 11 is 0. The monoisotopic (exact) mass is 240 g/mol. The van der Waals surface area contributed by atoms with Crippen LogP contribution in [0.15, 0.2) is 5.10 Å². The number of nitrogens with one attached hydrogen (secondary N) is 1. The first-order valence-electron chi connectivity index (χ1n) is 6.98. The van der Waals surface area contributed by atoms with Crippen molar-refractivity contribution in [1.82, 2.24) is 5.43 Å². The van der Waals surface area contributed by atoms with Gasteiger partial charge >= 0.3 is 0 Å². The van der Waals surface area contributed by atoms with Gasteiger partial charge in [0.25, 0.3) is 0 Å². The average Bonchev–Trinajstić information content (AvgIpc) is 2.27. The molecule has 0 aliphatic carbocycles. The van der Waals surface area contributed by atoms with Gasteiger partial charge in [-0.3, -0.25) is 4.79 Å². The van der Waals surface area contributed by atoms with Crippen LogP contribution >= 0.6 is 0 Å². The number of rotatable bonds is 10. The fourth-order valence-electron chi connectivity index (χ4n) is 1.56. The molecule has 0 aromatic heterocycles. The molecule has 1 N–H and O–H groups in total. The molecule has 0 heterocycles. The van der Waals surface area contributed by atoms with Crippen LogP contribution in [0.3, 0.4) is 0 Å². The lowest BCUT2D eigenvalue weighted by Crippen LogP contribution is -2.17. The summed E-state index contributed by atoms with van der Waals surface area (Å²) in [5.41, 5.74) is 2.56. The number of hydrogen-bond donors (Lipinski definition) is 1. The van der Waals surface area contributed by atoms with Crippen molar-refractivity contribution in [2.45, 2.75) is 72.1 Å². The fraction of sp³-hybridized carbons (Fsp3) is 0.857. The number of carbonyl (C=O) groups is 1. The second kappa shape index (κ2) is 11.6. The third-order valence-corrected chi connectivity index (χ3v) is 2.57. The lowest BCUT2D eigenvalue weighted by molar-refractivity contribution is -0.121. The minimum atomic E-state index is 0.0375. The Morgan fingerprint density at radius 2 is 1.71 bits per heavy atom. The van der Waals surface area contributed by atoms with Gasteiger partial charge in [-0.1, -0.05) is 59.3 Å². The predicted molar refractivity (Wildman–Crippen MR) is 74.1 cm³/mol. The van der Waals surface area contributed by atoms with Crippen molar-refractivity contribution in [3.63, 3.8) is 0 Å².